The number of hydrogen-bond donors (Lipinski definition) is 1. The summed E-state index contributed by atoms with van der Waals surface area (Å²) >= 11 is 0. The van der Waals surface area contributed by atoms with Gasteiger partial charge in [-0.05, 0) is 24.3 Å². The first-order valence-electron chi connectivity index (χ1n) is 6.53. The van der Waals surface area contributed by atoms with E-state index in [1.807, 2.05) is 0 Å². The van der Waals surface area contributed by atoms with Gasteiger partial charge in [0.05, 0.1) is 14.2 Å². The van der Waals surface area contributed by atoms with E-state index in [1.54, 1.807) is 30.3 Å². The Labute approximate surface area is 127 Å². The van der Waals surface area contributed by atoms with Crippen LogP contribution in [0.1, 0.15) is 0 Å². The van der Waals surface area contributed by atoms with Crippen molar-refractivity contribution in [3.63, 3.8) is 0 Å². The molecule has 0 aliphatic rings. The minimum Gasteiger partial charge on any atom is -0.494 e. The summed E-state index contributed by atoms with van der Waals surface area (Å²) in [5, 5.41) is 2.54. The number of anilines is 1. The van der Waals surface area contributed by atoms with E-state index >= 15 is 0 Å². The molecule has 1 N–H and O–H groups in total. The van der Waals surface area contributed by atoms with Crippen molar-refractivity contribution in [2.24, 2.45) is 0 Å². The van der Waals surface area contributed by atoms with E-state index in [-0.39, 0.29) is 12.4 Å². The molecule has 22 heavy (non-hydrogen) atoms. The predicted octanol–water partition coefficient (Wildman–Crippen LogP) is 2.86. The fourth-order valence-corrected chi connectivity index (χ4v) is 1.82. The van der Waals surface area contributed by atoms with Gasteiger partial charge in [0.25, 0.3) is 5.91 Å². The molecule has 0 aliphatic carbocycles. The Balaban J connectivity index is 1.94. The molecule has 2 rings (SSSR count). The lowest BCUT2D eigenvalue weighted by molar-refractivity contribution is -0.118. The number of carbonyl (C=O) groups is 1. The monoisotopic (exact) mass is 305 g/mol. The van der Waals surface area contributed by atoms with Crippen LogP contribution in [-0.2, 0) is 4.79 Å². The van der Waals surface area contributed by atoms with E-state index in [1.165, 1.54) is 26.4 Å². The Hall–Kier alpha value is -2.76. The third-order valence-corrected chi connectivity index (χ3v) is 2.86. The van der Waals surface area contributed by atoms with Crippen LogP contribution in [0.3, 0.4) is 0 Å². The third-order valence-electron chi connectivity index (χ3n) is 2.86. The number of nitrogens with one attached hydrogen (secondary N) is 1. The van der Waals surface area contributed by atoms with E-state index in [2.05, 4.69) is 5.32 Å². The summed E-state index contributed by atoms with van der Waals surface area (Å²) in [6, 6.07) is 11.2. The van der Waals surface area contributed by atoms with E-state index in [0.717, 1.165) is 0 Å². The molecule has 0 bridgehead atoms. The van der Waals surface area contributed by atoms with Crippen molar-refractivity contribution in [3.05, 3.63) is 48.3 Å². The molecular weight excluding hydrogens is 289 g/mol. The number of hydrogen-bond acceptors (Lipinski definition) is 4. The first kappa shape index (κ1) is 15.6. The fourth-order valence-electron chi connectivity index (χ4n) is 1.82. The maximum Gasteiger partial charge on any atom is 0.262 e. The van der Waals surface area contributed by atoms with Gasteiger partial charge in [-0.3, -0.25) is 4.79 Å². The Morgan fingerprint density at radius 1 is 1.05 bits per heavy atom. The summed E-state index contributed by atoms with van der Waals surface area (Å²) in [5.74, 6) is 0.150. The summed E-state index contributed by atoms with van der Waals surface area (Å²) in [6.07, 6.45) is 0. The Bertz CT molecular complexity index is 660. The number of para-hydroxylation sites is 2. The van der Waals surface area contributed by atoms with Gasteiger partial charge in [0.1, 0.15) is 0 Å². The van der Waals surface area contributed by atoms with Crippen LogP contribution in [0.2, 0.25) is 0 Å². The molecule has 2 aromatic carbocycles. The van der Waals surface area contributed by atoms with Gasteiger partial charge < -0.3 is 19.5 Å². The Morgan fingerprint density at radius 2 is 1.73 bits per heavy atom. The van der Waals surface area contributed by atoms with Gasteiger partial charge in [-0.2, -0.15) is 0 Å². The second kappa shape index (κ2) is 7.31. The molecule has 0 aliphatic heterocycles. The zero-order valence-corrected chi connectivity index (χ0v) is 12.3. The van der Waals surface area contributed by atoms with Gasteiger partial charge >= 0.3 is 0 Å². The van der Waals surface area contributed by atoms with Crippen LogP contribution < -0.4 is 19.5 Å². The smallest absolute Gasteiger partial charge is 0.262 e. The van der Waals surface area contributed by atoms with E-state index in [0.29, 0.717) is 17.2 Å². The number of halogens is 1. The largest absolute Gasteiger partial charge is 0.494 e. The minimum absolute atomic E-state index is 0.114. The molecule has 116 valence electrons. The second-order valence-corrected chi connectivity index (χ2v) is 4.34. The number of ether oxygens (including phenoxy) is 3. The van der Waals surface area contributed by atoms with E-state index in [4.69, 9.17) is 14.2 Å². The highest BCUT2D eigenvalue weighted by Gasteiger charge is 2.09. The summed E-state index contributed by atoms with van der Waals surface area (Å²) in [5.41, 5.74) is 0.326. The average molecular weight is 305 g/mol. The van der Waals surface area contributed by atoms with E-state index < -0.39 is 11.7 Å². The molecule has 1 amide bonds. The molecule has 0 fully saturated rings. The van der Waals surface area contributed by atoms with Crippen LogP contribution in [0.4, 0.5) is 10.1 Å². The summed E-state index contributed by atoms with van der Waals surface area (Å²) in [4.78, 5) is 11.8. The quantitative estimate of drug-likeness (QED) is 0.891. The summed E-state index contributed by atoms with van der Waals surface area (Å²) in [6.45, 7) is -0.214. The van der Waals surface area contributed by atoms with Crippen LogP contribution in [0.5, 0.6) is 17.2 Å². The number of amides is 1. The van der Waals surface area contributed by atoms with Crippen LogP contribution in [-0.4, -0.2) is 26.7 Å². The fraction of sp³-hybridized carbons (Fsp3) is 0.188. The van der Waals surface area contributed by atoms with Gasteiger partial charge in [0.2, 0.25) is 0 Å². The van der Waals surface area contributed by atoms with Crippen molar-refractivity contribution in [2.45, 2.75) is 0 Å². The Morgan fingerprint density at radius 3 is 2.36 bits per heavy atom. The van der Waals surface area contributed by atoms with Gasteiger partial charge in [-0.15, -0.1) is 0 Å². The molecule has 0 spiro atoms. The molecule has 6 heteroatoms. The maximum atomic E-state index is 13.5. The molecule has 0 atom stereocenters. The number of carbonyl (C=O) groups excluding carboxylic acids is 1. The maximum absolute atomic E-state index is 13.5. The lowest BCUT2D eigenvalue weighted by atomic mass is 10.3. The normalized spacial score (nSPS) is 9.95. The molecular formula is C16H16FNO4. The Kier molecular flexibility index (Phi) is 5.19. The topological polar surface area (TPSA) is 56.8 Å². The zero-order valence-electron chi connectivity index (χ0n) is 12.3. The van der Waals surface area contributed by atoms with Crippen molar-refractivity contribution in [1.29, 1.82) is 0 Å². The van der Waals surface area contributed by atoms with Crippen molar-refractivity contribution in [3.8, 4) is 17.2 Å². The summed E-state index contributed by atoms with van der Waals surface area (Å²) in [7, 11) is 2.89. The average Bonchev–Trinajstić information content (AvgIpc) is 2.53. The lowest BCUT2D eigenvalue weighted by Gasteiger charge is -2.11. The molecule has 0 heterocycles. The molecule has 0 saturated carbocycles. The van der Waals surface area contributed by atoms with Gasteiger partial charge in [-0.1, -0.05) is 12.1 Å². The first-order chi connectivity index (χ1) is 10.6. The molecule has 0 unspecified atom stereocenters. The molecule has 0 radical (unpaired) electrons. The van der Waals surface area contributed by atoms with Crippen LogP contribution in [0, 0.1) is 5.82 Å². The van der Waals surface area contributed by atoms with Crippen molar-refractivity contribution in [2.75, 3.05) is 26.1 Å². The highest BCUT2D eigenvalue weighted by Crippen LogP contribution is 2.25. The SMILES string of the molecule is COc1ccc(NC(=O)COc2ccccc2OC)cc1F. The number of methoxy groups -OCH3 is 2. The molecule has 0 aromatic heterocycles. The van der Waals surface area contributed by atoms with E-state index in [9.17, 15) is 9.18 Å². The van der Waals surface area contributed by atoms with Crippen molar-refractivity contribution < 1.29 is 23.4 Å². The van der Waals surface area contributed by atoms with Crippen LogP contribution in [0.25, 0.3) is 0 Å². The predicted molar refractivity (Wildman–Crippen MR) is 80.1 cm³/mol. The molecule has 2 aromatic rings. The van der Waals surface area contributed by atoms with Crippen molar-refractivity contribution in [1.82, 2.24) is 0 Å². The van der Waals surface area contributed by atoms with Crippen LogP contribution >= 0.6 is 0 Å². The van der Waals surface area contributed by atoms with Crippen molar-refractivity contribution >= 4 is 11.6 Å². The second-order valence-electron chi connectivity index (χ2n) is 4.34. The van der Waals surface area contributed by atoms with Gasteiger partial charge in [0, 0.05) is 11.8 Å². The zero-order chi connectivity index (χ0) is 15.9. The number of benzene rings is 2. The molecule has 0 saturated heterocycles. The highest BCUT2D eigenvalue weighted by atomic mass is 19.1. The summed E-state index contributed by atoms with van der Waals surface area (Å²) < 4.78 is 28.8. The van der Waals surface area contributed by atoms with Gasteiger partial charge in [-0.25, -0.2) is 4.39 Å². The lowest BCUT2D eigenvalue weighted by Crippen LogP contribution is -2.20. The first-order valence-corrected chi connectivity index (χ1v) is 6.53. The van der Waals surface area contributed by atoms with Crippen LogP contribution in [0.15, 0.2) is 42.5 Å². The number of rotatable bonds is 6. The molecule has 5 nitrogen and oxygen atoms in total. The highest BCUT2D eigenvalue weighted by molar-refractivity contribution is 5.92. The standard InChI is InChI=1S/C16H16FNO4/c1-20-13-8-7-11(9-12(13)17)18-16(19)10-22-15-6-4-3-5-14(15)21-2/h3-9H,10H2,1-2H3,(H,18,19). The third kappa shape index (κ3) is 3.88. The minimum atomic E-state index is -0.550. The van der Waals surface area contributed by atoms with Gasteiger partial charge in [0.15, 0.2) is 29.7 Å².